The third-order valence-corrected chi connectivity index (χ3v) is 5.33. The lowest BCUT2D eigenvalue weighted by Crippen LogP contribution is -2.32. The number of hydrogen-bond acceptors (Lipinski definition) is 3. The maximum Gasteiger partial charge on any atom is 0.247 e. The highest BCUT2D eigenvalue weighted by atomic mass is 79.9. The summed E-state index contributed by atoms with van der Waals surface area (Å²) in [5.41, 5.74) is 0. The Labute approximate surface area is 118 Å². The Hall–Kier alpha value is -1.04. The smallest absolute Gasteiger partial charge is 0.207 e. The molecule has 0 aliphatic heterocycles. The van der Waals surface area contributed by atoms with Crippen LogP contribution in [0.5, 0.6) is 0 Å². The van der Waals surface area contributed by atoms with Crippen LogP contribution in [0.25, 0.3) is 0 Å². The number of nitriles is 1. The number of benzene rings is 1. The monoisotopic (exact) mass is 352 g/mol. The van der Waals surface area contributed by atoms with Crippen LogP contribution in [0, 0.1) is 23.0 Å². The molecular formula is C11H11BrF2N2O2S. The largest absolute Gasteiger partial charge is 0.247 e. The lowest BCUT2D eigenvalue weighted by Gasteiger charge is -2.20. The first-order valence-corrected chi connectivity index (χ1v) is 7.59. The van der Waals surface area contributed by atoms with Crippen molar-refractivity contribution < 1.29 is 17.2 Å². The van der Waals surface area contributed by atoms with E-state index in [4.69, 9.17) is 5.26 Å². The Kier molecular flexibility index (Phi) is 5.40. The van der Waals surface area contributed by atoms with Crippen LogP contribution in [-0.2, 0) is 10.0 Å². The van der Waals surface area contributed by atoms with Gasteiger partial charge in [0.2, 0.25) is 10.0 Å². The molecule has 0 saturated heterocycles. The van der Waals surface area contributed by atoms with E-state index in [-0.39, 0.29) is 24.0 Å². The summed E-state index contributed by atoms with van der Waals surface area (Å²) >= 11 is 2.85. The fourth-order valence-corrected chi connectivity index (χ4v) is 4.09. The lowest BCUT2D eigenvalue weighted by molar-refractivity contribution is 0.429. The van der Waals surface area contributed by atoms with Gasteiger partial charge in [0, 0.05) is 30.0 Å². The molecule has 0 fully saturated rings. The van der Waals surface area contributed by atoms with Crippen molar-refractivity contribution in [2.45, 2.75) is 18.2 Å². The third kappa shape index (κ3) is 3.49. The van der Waals surface area contributed by atoms with E-state index in [2.05, 4.69) is 15.9 Å². The van der Waals surface area contributed by atoms with E-state index >= 15 is 0 Å². The molecule has 19 heavy (non-hydrogen) atoms. The molecule has 8 heteroatoms. The van der Waals surface area contributed by atoms with Crippen molar-refractivity contribution in [2.75, 3.05) is 13.1 Å². The number of rotatable bonds is 5. The van der Waals surface area contributed by atoms with Crippen molar-refractivity contribution in [1.29, 1.82) is 5.26 Å². The Morgan fingerprint density at radius 1 is 1.42 bits per heavy atom. The van der Waals surface area contributed by atoms with E-state index in [1.807, 2.05) is 6.07 Å². The van der Waals surface area contributed by atoms with Crippen molar-refractivity contribution in [3.05, 3.63) is 28.2 Å². The minimum Gasteiger partial charge on any atom is -0.207 e. The van der Waals surface area contributed by atoms with Crippen LogP contribution in [0.15, 0.2) is 21.5 Å². The second-order valence-corrected chi connectivity index (χ2v) is 6.33. The van der Waals surface area contributed by atoms with Gasteiger partial charge in [-0.1, -0.05) is 6.92 Å². The van der Waals surface area contributed by atoms with E-state index in [1.165, 1.54) is 0 Å². The molecule has 0 atom stereocenters. The molecule has 0 radical (unpaired) electrons. The predicted octanol–water partition coefficient (Wildman–Crippen LogP) is 2.65. The van der Waals surface area contributed by atoms with Gasteiger partial charge in [0.1, 0.15) is 16.5 Å². The predicted molar refractivity (Wildman–Crippen MR) is 68.7 cm³/mol. The van der Waals surface area contributed by atoms with Crippen molar-refractivity contribution in [1.82, 2.24) is 4.31 Å². The summed E-state index contributed by atoms with van der Waals surface area (Å²) in [6.07, 6.45) is -0.00645. The van der Waals surface area contributed by atoms with Crippen molar-refractivity contribution >= 4 is 26.0 Å². The van der Waals surface area contributed by atoms with Crippen molar-refractivity contribution in [3.8, 4) is 6.07 Å². The Morgan fingerprint density at radius 2 is 2.05 bits per heavy atom. The third-order valence-electron chi connectivity index (χ3n) is 2.39. The SMILES string of the molecule is CCN(CCC#N)S(=O)(=O)c1c(F)cc(F)cc1Br. The van der Waals surface area contributed by atoms with Gasteiger partial charge in [-0.2, -0.15) is 9.57 Å². The number of halogens is 3. The highest BCUT2D eigenvalue weighted by molar-refractivity contribution is 9.10. The van der Waals surface area contributed by atoms with Crippen LogP contribution in [0.2, 0.25) is 0 Å². The molecule has 1 rings (SSSR count). The molecule has 0 N–H and O–H groups in total. The zero-order valence-corrected chi connectivity index (χ0v) is 12.4. The topological polar surface area (TPSA) is 61.2 Å². The summed E-state index contributed by atoms with van der Waals surface area (Å²) < 4.78 is 51.9. The minimum absolute atomic E-state index is 0.00645. The Morgan fingerprint density at radius 3 is 2.53 bits per heavy atom. The summed E-state index contributed by atoms with van der Waals surface area (Å²) in [5, 5.41) is 8.49. The summed E-state index contributed by atoms with van der Waals surface area (Å²) in [4.78, 5) is -0.617. The molecule has 0 aliphatic carbocycles. The Balaban J connectivity index is 3.31. The molecule has 0 saturated carbocycles. The van der Waals surface area contributed by atoms with Gasteiger partial charge >= 0.3 is 0 Å². The number of sulfonamides is 1. The van der Waals surface area contributed by atoms with Crippen molar-refractivity contribution in [2.24, 2.45) is 0 Å². The van der Waals surface area contributed by atoms with Gasteiger partial charge in [0.05, 0.1) is 6.07 Å². The van der Waals surface area contributed by atoms with Gasteiger partial charge in [-0.15, -0.1) is 0 Å². The second-order valence-electron chi connectivity index (χ2n) is 3.60. The maximum atomic E-state index is 13.7. The molecule has 0 unspecified atom stereocenters. The lowest BCUT2D eigenvalue weighted by atomic mass is 10.3. The zero-order chi connectivity index (χ0) is 14.6. The van der Waals surface area contributed by atoms with E-state index < -0.39 is 26.6 Å². The summed E-state index contributed by atoms with van der Waals surface area (Å²) in [6, 6.07) is 3.22. The van der Waals surface area contributed by atoms with Crippen LogP contribution in [-0.4, -0.2) is 25.8 Å². The van der Waals surface area contributed by atoms with Crippen molar-refractivity contribution in [3.63, 3.8) is 0 Å². The molecule has 0 heterocycles. The fraction of sp³-hybridized carbons (Fsp3) is 0.364. The summed E-state index contributed by atoms with van der Waals surface area (Å²) in [5.74, 6) is -2.04. The Bertz CT molecular complexity index is 591. The van der Waals surface area contributed by atoms with E-state index in [0.717, 1.165) is 10.4 Å². The zero-order valence-electron chi connectivity index (χ0n) is 10.0. The highest BCUT2D eigenvalue weighted by Crippen LogP contribution is 2.28. The minimum atomic E-state index is -4.11. The fourth-order valence-electron chi connectivity index (χ4n) is 1.53. The quantitative estimate of drug-likeness (QED) is 0.818. The first-order chi connectivity index (χ1) is 8.84. The van der Waals surface area contributed by atoms with E-state index in [9.17, 15) is 17.2 Å². The molecule has 0 aromatic heterocycles. The van der Waals surface area contributed by atoms with E-state index in [0.29, 0.717) is 6.07 Å². The van der Waals surface area contributed by atoms with Crippen LogP contribution in [0.1, 0.15) is 13.3 Å². The average Bonchev–Trinajstić information content (AvgIpc) is 2.27. The van der Waals surface area contributed by atoms with Crippen LogP contribution >= 0.6 is 15.9 Å². The molecule has 0 amide bonds. The van der Waals surface area contributed by atoms with Gasteiger partial charge < -0.3 is 0 Å². The molecule has 0 bridgehead atoms. The molecule has 4 nitrogen and oxygen atoms in total. The van der Waals surface area contributed by atoms with Crippen LogP contribution in [0.4, 0.5) is 8.78 Å². The molecule has 0 spiro atoms. The van der Waals surface area contributed by atoms with Crippen LogP contribution < -0.4 is 0 Å². The van der Waals surface area contributed by atoms with Gasteiger partial charge in [-0.3, -0.25) is 0 Å². The molecule has 0 aliphatic rings. The molecule has 1 aromatic carbocycles. The normalized spacial score (nSPS) is 11.6. The first-order valence-electron chi connectivity index (χ1n) is 5.36. The van der Waals surface area contributed by atoms with Gasteiger partial charge in [-0.25, -0.2) is 17.2 Å². The number of nitrogens with zero attached hydrogens (tertiary/aromatic N) is 2. The molecular weight excluding hydrogens is 342 g/mol. The van der Waals surface area contributed by atoms with Gasteiger partial charge in [0.15, 0.2) is 0 Å². The first kappa shape index (κ1) is 16.0. The number of hydrogen-bond donors (Lipinski definition) is 0. The second kappa shape index (κ2) is 6.41. The highest BCUT2D eigenvalue weighted by Gasteiger charge is 2.29. The van der Waals surface area contributed by atoms with Gasteiger partial charge in [0.25, 0.3) is 0 Å². The van der Waals surface area contributed by atoms with Gasteiger partial charge in [-0.05, 0) is 22.0 Å². The molecule has 1 aromatic rings. The standard InChI is InChI=1S/C11H11BrF2N2O2S/c1-2-16(5-3-4-15)19(17,18)11-9(12)6-8(13)7-10(11)14/h6-7H,2-3,5H2,1H3. The van der Waals surface area contributed by atoms with E-state index in [1.54, 1.807) is 6.92 Å². The summed E-state index contributed by atoms with van der Waals surface area (Å²) in [6.45, 7) is 1.62. The summed E-state index contributed by atoms with van der Waals surface area (Å²) in [7, 11) is -4.11. The maximum absolute atomic E-state index is 13.7. The van der Waals surface area contributed by atoms with Crippen LogP contribution in [0.3, 0.4) is 0 Å². The molecule has 104 valence electrons. The average molecular weight is 353 g/mol.